The van der Waals surface area contributed by atoms with Crippen molar-refractivity contribution in [3.8, 4) is 11.8 Å². The third-order valence-electron chi connectivity index (χ3n) is 3.41. The average Bonchev–Trinajstić information content (AvgIpc) is 3.07. The minimum atomic E-state index is -3.80. The summed E-state index contributed by atoms with van der Waals surface area (Å²) in [4.78, 5) is -0.177. The van der Waals surface area contributed by atoms with Gasteiger partial charge in [-0.25, -0.2) is 8.42 Å². The molecule has 0 aliphatic heterocycles. The number of sulfone groups is 1. The van der Waals surface area contributed by atoms with E-state index >= 15 is 0 Å². The van der Waals surface area contributed by atoms with E-state index < -0.39 is 9.84 Å². The summed E-state index contributed by atoms with van der Waals surface area (Å²) in [5.41, 5.74) is 1.34. The molecule has 0 fully saturated rings. The lowest BCUT2D eigenvalue weighted by Crippen LogP contribution is -2.02. The number of unbranched alkanes of at least 4 members (excludes halogenated alkanes) is 1. The average molecular weight is 347 g/mol. The molecule has 0 aliphatic carbocycles. The van der Waals surface area contributed by atoms with Gasteiger partial charge in [-0.1, -0.05) is 19.4 Å². The number of phenolic OH excluding ortho intramolecular Hbond substituents is 1. The van der Waals surface area contributed by atoms with E-state index in [-0.39, 0.29) is 15.6 Å². The fourth-order valence-corrected chi connectivity index (χ4v) is 4.30. The highest BCUT2D eigenvalue weighted by molar-refractivity contribution is 7.95. The number of aryl methyl sites for hydroxylation is 1. The molecule has 0 radical (unpaired) electrons. The zero-order chi connectivity index (χ0) is 16.9. The van der Waals surface area contributed by atoms with Gasteiger partial charge in [-0.2, -0.15) is 16.6 Å². The van der Waals surface area contributed by atoms with Crippen LogP contribution in [-0.2, 0) is 16.3 Å². The Bertz CT molecular complexity index is 844. The number of benzene rings is 1. The summed E-state index contributed by atoms with van der Waals surface area (Å²) in [6, 6.07) is 8.11. The van der Waals surface area contributed by atoms with E-state index in [0.717, 1.165) is 18.4 Å². The van der Waals surface area contributed by atoms with Gasteiger partial charge in [-0.05, 0) is 53.6 Å². The van der Waals surface area contributed by atoms with Gasteiger partial charge >= 0.3 is 0 Å². The molecule has 0 saturated carbocycles. The molecule has 2 aromatic rings. The van der Waals surface area contributed by atoms with Gasteiger partial charge in [0.25, 0.3) is 0 Å². The van der Waals surface area contributed by atoms with Gasteiger partial charge in [0, 0.05) is 5.38 Å². The van der Waals surface area contributed by atoms with Crippen molar-refractivity contribution in [2.24, 2.45) is 0 Å². The van der Waals surface area contributed by atoms with Crippen LogP contribution in [0.4, 0.5) is 0 Å². The number of aromatic hydroxyl groups is 1. The Morgan fingerprint density at radius 1 is 1.39 bits per heavy atom. The van der Waals surface area contributed by atoms with E-state index in [0.29, 0.717) is 12.0 Å². The Hall–Kier alpha value is -2.10. The van der Waals surface area contributed by atoms with Crippen LogP contribution in [0.2, 0.25) is 0 Å². The molecule has 120 valence electrons. The SMILES string of the molecule is CCCCc1cc(/C=C(\C#N)S(=O)(=O)c2ccsc2)ccc1O. The van der Waals surface area contributed by atoms with Crippen LogP contribution in [0.1, 0.15) is 30.9 Å². The predicted molar refractivity (Wildman–Crippen MR) is 91.8 cm³/mol. The number of nitrogens with zero attached hydrogens (tertiary/aromatic N) is 1. The summed E-state index contributed by atoms with van der Waals surface area (Å²) in [6.45, 7) is 2.06. The zero-order valence-electron chi connectivity index (χ0n) is 12.7. The summed E-state index contributed by atoms with van der Waals surface area (Å²) in [5, 5.41) is 22.3. The largest absolute Gasteiger partial charge is 0.508 e. The molecule has 23 heavy (non-hydrogen) atoms. The normalized spacial score (nSPS) is 12.1. The van der Waals surface area contributed by atoms with Crippen LogP contribution in [0.15, 0.2) is 44.8 Å². The summed E-state index contributed by atoms with van der Waals surface area (Å²) in [5.74, 6) is 0.190. The van der Waals surface area contributed by atoms with Gasteiger partial charge in [0.05, 0.1) is 4.90 Å². The number of nitriles is 1. The lowest BCUT2D eigenvalue weighted by molar-refractivity contribution is 0.467. The molecule has 0 unspecified atom stereocenters. The summed E-state index contributed by atoms with van der Waals surface area (Å²) in [6.07, 6.45) is 3.99. The molecule has 1 N–H and O–H groups in total. The molecule has 1 aromatic heterocycles. The molecule has 2 rings (SSSR count). The van der Waals surface area contributed by atoms with Crippen molar-refractivity contribution in [1.29, 1.82) is 5.26 Å². The minimum Gasteiger partial charge on any atom is -0.508 e. The van der Waals surface area contributed by atoms with Crippen molar-refractivity contribution < 1.29 is 13.5 Å². The number of hydrogen-bond acceptors (Lipinski definition) is 5. The number of allylic oxidation sites excluding steroid dienone is 1. The van der Waals surface area contributed by atoms with Crippen LogP contribution in [0.3, 0.4) is 0 Å². The molecule has 0 saturated heterocycles. The number of thiophene rings is 1. The van der Waals surface area contributed by atoms with Crippen molar-refractivity contribution in [1.82, 2.24) is 0 Å². The van der Waals surface area contributed by atoms with E-state index in [9.17, 15) is 18.8 Å². The molecule has 4 nitrogen and oxygen atoms in total. The third-order valence-corrected chi connectivity index (χ3v) is 5.90. The standard InChI is InChI=1S/C17H17NO3S2/c1-2-3-4-14-9-13(5-6-17(14)19)10-16(11-18)23(20,21)15-7-8-22-12-15/h5-10,12,19H,2-4H2,1H3/b16-10+. The van der Waals surface area contributed by atoms with E-state index in [1.54, 1.807) is 23.6 Å². The first-order chi connectivity index (χ1) is 11.0. The second-order valence-corrected chi connectivity index (χ2v) is 7.77. The quantitative estimate of drug-likeness (QED) is 0.797. The highest BCUT2D eigenvalue weighted by Gasteiger charge is 2.21. The monoisotopic (exact) mass is 347 g/mol. The van der Waals surface area contributed by atoms with E-state index in [4.69, 9.17) is 0 Å². The molecule has 6 heteroatoms. The van der Waals surface area contributed by atoms with E-state index in [1.165, 1.54) is 34.9 Å². The summed E-state index contributed by atoms with van der Waals surface area (Å²) in [7, 11) is -3.80. The van der Waals surface area contributed by atoms with E-state index in [1.807, 2.05) is 0 Å². The molecule has 1 heterocycles. The molecule has 0 atom stereocenters. The van der Waals surface area contributed by atoms with Crippen molar-refractivity contribution in [3.63, 3.8) is 0 Å². The molecule has 0 bridgehead atoms. The molecular weight excluding hydrogens is 330 g/mol. The van der Waals surface area contributed by atoms with Crippen LogP contribution in [-0.4, -0.2) is 13.5 Å². The van der Waals surface area contributed by atoms with Crippen LogP contribution >= 0.6 is 11.3 Å². The number of hydrogen-bond donors (Lipinski definition) is 1. The van der Waals surface area contributed by atoms with Gasteiger partial charge in [-0.15, -0.1) is 0 Å². The third kappa shape index (κ3) is 4.01. The van der Waals surface area contributed by atoms with Crippen molar-refractivity contribution in [2.75, 3.05) is 0 Å². The van der Waals surface area contributed by atoms with Crippen molar-refractivity contribution >= 4 is 27.3 Å². The fourth-order valence-electron chi connectivity index (χ4n) is 2.12. The highest BCUT2D eigenvalue weighted by atomic mass is 32.2. The van der Waals surface area contributed by atoms with Crippen LogP contribution in [0.25, 0.3) is 6.08 Å². The van der Waals surface area contributed by atoms with Crippen molar-refractivity contribution in [3.05, 3.63) is 51.1 Å². The van der Waals surface area contributed by atoms with Gasteiger partial charge in [-0.3, -0.25) is 0 Å². The van der Waals surface area contributed by atoms with E-state index in [2.05, 4.69) is 6.92 Å². The fraction of sp³-hybridized carbons (Fsp3) is 0.235. The summed E-state index contributed by atoms with van der Waals surface area (Å²) < 4.78 is 24.8. The second-order valence-electron chi connectivity index (χ2n) is 5.07. The first kappa shape index (κ1) is 17.3. The zero-order valence-corrected chi connectivity index (χ0v) is 14.3. The maximum absolute atomic E-state index is 12.4. The Morgan fingerprint density at radius 3 is 2.78 bits per heavy atom. The maximum atomic E-state index is 12.4. The van der Waals surface area contributed by atoms with Gasteiger partial charge in [0.2, 0.25) is 9.84 Å². The first-order valence-corrected chi connectivity index (χ1v) is 9.62. The molecular formula is C17H17NO3S2. The molecule has 0 aliphatic rings. The Balaban J connectivity index is 2.41. The van der Waals surface area contributed by atoms with Crippen molar-refractivity contribution in [2.45, 2.75) is 31.1 Å². The Labute approximate surface area is 140 Å². The molecule has 0 amide bonds. The van der Waals surface area contributed by atoms with Gasteiger partial charge in [0.1, 0.15) is 16.7 Å². The molecule has 1 aromatic carbocycles. The summed E-state index contributed by atoms with van der Waals surface area (Å²) >= 11 is 1.27. The molecule has 0 spiro atoms. The van der Waals surface area contributed by atoms with Gasteiger partial charge < -0.3 is 5.11 Å². The predicted octanol–water partition coefficient (Wildman–Crippen LogP) is 4.13. The first-order valence-electron chi connectivity index (χ1n) is 7.20. The minimum absolute atomic E-state index is 0.125. The van der Waals surface area contributed by atoms with Gasteiger partial charge in [0.15, 0.2) is 0 Å². The Morgan fingerprint density at radius 2 is 2.17 bits per heavy atom. The number of rotatable bonds is 6. The van der Waals surface area contributed by atoms with Crippen LogP contribution < -0.4 is 0 Å². The topological polar surface area (TPSA) is 78.2 Å². The van der Waals surface area contributed by atoms with Crippen LogP contribution in [0.5, 0.6) is 5.75 Å². The maximum Gasteiger partial charge on any atom is 0.217 e. The second kappa shape index (κ2) is 7.44. The van der Waals surface area contributed by atoms with Crippen LogP contribution in [0, 0.1) is 11.3 Å². The smallest absolute Gasteiger partial charge is 0.217 e. The number of phenols is 1. The highest BCUT2D eigenvalue weighted by Crippen LogP contribution is 2.26. The Kier molecular flexibility index (Phi) is 5.59. The lowest BCUT2D eigenvalue weighted by Gasteiger charge is -2.06. The lowest BCUT2D eigenvalue weighted by atomic mass is 10.0.